The Morgan fingerprint density at radius 3 is 2.58 bits per heavy atom. The zero-order valence-corrected chi connectivity index (χ0v) is 12.9. The van der Waals surface area contributed by atoms with Crippen molar-refractivity contribution in [3.05, 3.63) is 46.0 Å². The van der Waals surface area contributed by atoms with Crippen LogP contribution in [0.5, 0.6) is 0 Å². The fourth-order valence-electron chi connectivity index (χ4n) is 2.15. The lowest BCUT2D eigenvalue weighted by molar-refractivity contribution is 0.504. The Balaban J connectivity index is 2.47. The summed E-state index contributed by atoms with van der Waals surface area (Å²) >= 11 is 3.59. The number of halogens is 1. The van der Waals surface area contributed by atoms with E-state index >= 15 is 0 Å². The normalized spacial score (nSPS) is 12.6. The van der Waals surface area contributed by atoms with Crippen LogP contribution in [0.15, 0.2) is 28.7 Å². The minimum absolute atomic E-state index is 0.0262. The van der Waals surface area contributed by atoms with Crippen molar-refractivity contribution in [2.24, 2.45) is 5.73 Å². The molecule has 0 aliphatic carbocycles. The highest BCUT2D eigenvalue weighted by Gasteiger charge is 2.19. The van der Waals surface area contributed by atoms with Crippen LogP contribution in [0, 0.1) is 0 Å². The van der Waals surface area contributed by atoms with E-state index in [1.807, 2.05) is 22.9 Å². The van der Waals surface area contributed by atoms with E-state index in [0.29, 0.717) is 6.54 Å². The summed E-state index contributed by atoms with van der Waals surface area (Å²) in [4.78, 5) is 4.55. The summed E-state index contributed by atoms with van der Waals surface area (Å²) in [5.74, 6) is 1.87. The maximum absolute atomic E-state index is 5.97. The minimum Gasteiger partial charge on any atom is -0.328 e. The van der Waals surface area contributed by atoms with Crippen LogP contribution in [-0.2, 0) is 12.8 Å². The number of nitrogens with two attached hydrogens (primary N) is 1. The zero-order chi connectivity index (χ0) is 13.8. The first-order valence-corrected chi connectivity index (χ1v) is 7.39. The molecule has 0 radical (unpaired) electrons. The molecule has 1 aromatic heterocycles. The minimum atomic E-state index is 0.0262. The van der Waals surface area contributed by atoms with Gasteiger partial charge in [0, 0.05) is 23.9 Å². The summed E-state index contributed by atoms with van der Waals surface area (Å²) in [5, 5.41) is 4.59. The second kappa shape index (κ2) is 6.30. The molecule has 1 heterocycles. The SMILES string of the molecule is CCc1nc(CC)n(C(CN)c2ccccc2Br)n1. The summed E-state index contributed by atoms with van der Waals surface area (Å²) in [7, 11) is 0. The molecular weight excluding hydrogens is 304 g/mol. The summed E-state index contributed by atoms with van der Waals surface area (Å²) < 4.78 is 3.03. The molecule has 0 saturated carbocycles. The van der Waals surface area contributed by atoms with Crippen LogP contribution < -0.4 is 5.73 Å². The fourth-order valence-corrected chi connectivity index (χ4v) is 2.70. The summed E-state index contributed by atoms with van der Waals surface area (Å²) in [5.41, 5.74) is 7.12. The molecule has 1 unspecified atom stereocenters. The third kappa shape index (κ3) is 2.87. The Labute approximate surface area is 122 Å². The van der Waals surface area contributed by atoms with Crippen LogP contribution >= 0.6 is 15.9 Å². The number of benzene rings is 1. The Morgan fingerprint density at radius 2 is 2.00 bits per heavy atom. The zero-order valence-electron chi connectivity index (χ0n) is 11.3. The number of aromatic nitrogens is 3. The molecular formula is C14H19BrN4. The van der Waals surface area contributed by atoms with Gasteiger partial charge in [0.1, 0.15) is 5.82 Å². The van der Waals surface area contributed by atoms with Gasteiger partial charge >= 0.3 is 0 Å². The van der Waals surface area contributed by atoms with Crippen LogP contribution in [0.25, 0.3) is 0 Å². The highest BCUT2D eigenvalue weighted by atomic mass is 79.9. The lowest BCUT2D eigenvalue weighted by atomic mass is 10.1. The number of aryl methyl sites for hydroxylation is 2. The Morgan fingerprint density at radius 1 is 1.26 bits per heavy atom. The number of nitrogens with zero attached hydrogens (tertiary/aromatic N) is 3. The molecule has 2 rings (SSSR count). The smallest absolute Gasteiger partial charge is 0.150 e. The highest BCUT2D eigenvalue weighted by Crippen LogP contribution is 2.26. The van der Waals surface area contributed by atoms with Gasteiger partial charge in [0.05, 0.1) is 6.04 Å². The average Bonchev–Trinajstić information content (AvgIpc) is 2.85. The monoisotopic (exact) mass is 322 g/mol. The van der Waals surface area contributed by atoms with E-state index in [-0.39, 0.29) is 6.04 Å². The van der Waals surface area contributed by atoms with Crippen molar-refractivity contribution in [1.29, 1.82) is 0 Å². The second-order valence-electron chi connectivity index (χ2n) is 4.37. The molecule has 19 heavy (non-hydrogen) atoms. The van der Waals surface area contributed by atoms with Crippen molar-refractivity contribution < 1.29 is 0 Å². The van der Waals surface area contributed by atoms with Gasteiger partial charge in [-0.25, -0.2) is 9.67 Å². The Bertz CT molecular complexity index is 550. The fraction of sp³-hybridized carbons (Fsp3) is 0.429. The van der Waals surface area contributed by atoms with Gasteiger partial charge in [-0.2, -0.15) is 5.10 Å². The predicted octanol–water partition coefficient (Wildman–Crippen LogP) is 2.71. The van der Waals surface area contributed by atoms with Gasteiger partial charge in [-0.15, -0.1) is 0 Å². The molecule has 0 saturated heterocycles. The molecule has 1 atom stereocenters. The molecule has 2 N–H and O–H groups in total. The van der Waals surface area contributed by atoms with Crippen LogP contribution in [0.2, 0.25) is 0 Å². The van der Waals surface area contributed by atoms with E-state index in [2.05, 4.69) is 45.9 Å². The molecule has 0 amide bonds. The summed E-state index contributed by atoms with van der Waals surface area (Å²) in [6.07, 6.45) is 1.70. The topological polar surface area (TPSA) is 56.7 Å². The second-order valence-corrected chi connectivity index (χ2v) is 5.22. The van der Waals surface area contributed by atoms with Crippen molar-refractivity contribution >= 4 is 15.9 Å². The van der Waals surface area contributed by atoms with Crippen LogP contribution in [0.3, 0.4) is 0 Å². The van der Waals surface area contributed by atoms with Gasteiger partial charge in [-0.3, -0.25) is 0 Å². The van der Waals surface area contributed by atoms with E-state index < -0.39 is 0 Å². The van der Waals surface area contributed by atoms with Gasteiger partial charge in [-0.1, -0.05) is 48.0 Å². The number of hydrogen-bond acceptors (Lipinski definition) is 3. The summed E-state index contributed by atoms with van der Waals surface area (Å²) in [6.45, 7) is 4.66. The van der Waals surface area contributed by atoms with Crippen molar-refractivity contribution in [3.8, 4) is 0 Å². The Hall–Kier alpha value is -1.20. The standard InChI is InChI=1S/C14H19BrN4/c1-3-13-17-14(4-2)19(18-13)12(9-16)10-7-5-6-8-11(10)15/h5-8,12H,3-4,9,16H2,1-2H3. The van der Waals surface area contributed by atoms with E-state index in [0.717, 1.165) is 34.5 Å². The molecule has 0 bridgehead atoms. The number of rotatable bonds is 5. The van der Waals surface area contributed by atoms with Gasteiger partial charge in [0.25, 0.3) is 0 Å². The predicted molar refractivity (Wildman–Crippen MR) is 80.1 cm³/mol. The van der Waals surface area contributed by atoms with Gasteiger partial charge in [0.15, 0.2) is 5.82 Å². The van der Waals surface area contributed by atoms with Crippen LogP contribution in [-0.4, -0.2) is 21.3 Å². The molecule has 0 aliphatic rings. The molecule has 5 heteroatoms. The van der Waals surface area contributed by atoms with Gasteiger partial charge < -0.3 is 5.73 Å². The molecule has 102 valence electrons. The first-order chi connectivity index (χ1) is 9.21. The quantitative estimate of drug-likeness (QED) is 0.920. The van der Waals surface area contributed by atoms with E-state index in [4.69, 9.17) is 5.73 Å². The molecule has 0 aliphatic heterocycles. The lowest BCUT2D eigenvalue weighted by Crippen LogP contribution is -2.23. The maximum atomic E-state index is 5.97. The van der Waals surface area contributed by atoms with E-state index in [9.17, 15) is 0 Å². The largest absolute Gasteiger partial charge is 0.328 e. The van der Waals surface area contributed by atoms with E-state index in [1.165, 1.54) is 0 Å². The third-order valence-corrected chi connectivity index (χ3v) is 3.88. The molecule has 0 spiro atoms. The molecule has 1 aromatic carbocycles. The first kappa shape index (κ1) is 14.2. The van der Waals surface area contributed by atoms with Crippen LogP contribution in [0.1, 0.15) is 37.1 Å². The van der Waals surface area contributed by atoms with Gasteiger partial charge in [-0.05, 0) is 11.6 Å². The highest BCUT2D eigenvalue weighted by molar-refractivity contribution is 9.10. The van der Waals surface area contributed by atoms with Crippen molar-refractivity contribution in [1.82, 2.24) is 14.8 Å². The summed E-state index contributed by atoms with van der Waals surface area (Å²) in [6, 6.07) is 8.15. The molecule has 0 fully saturated rings. The maximum Gasteiger partial charge on any atom is 0.150 e. The van der Waals surface area contributed by atoms with Gasteiger partial charge in [0.2, 0.25) is 0 Å². The van der Waals surface area contributed by atoms with E-state index in [1.54, 1.807) is 0 Å². The lowest BCUT2D eigenvalue weighted by Gasteiger charge is -2.18. The Kier molecular flexibility index (Phi) is 4.71. The number of hydrogen-bond donors (Lipinski definition) is 1. The third-order valence-electron chi connectivity index (χ3n) is 3.16. The first-order valence-electron chi connectivity index (χ1n) is 6.60. The van der Waals surface area contributed by atoms with Crippen molar-refractivity contribution in [3.63, 3.8) is 0 Å². The van der Waals surface area contributed by atoms with Crippen molar-refractivity contribution in [2.75, 3.05) is 6.54 Å². The average molecular weight is 323 g/mol. The van der Waals surface area contributed by atoms with Crippen molar-refractivity contribution in [2.45, 2.75) is 32.7 Å². The molecule has 4 nitrogen and oxygen atoms in total. The van der Waals surface area contributed by atoms with Crippen LogP contribution in [0.4, 0.5) is 0 Å². The molecule has 2 aromatic rings.